The molecule has 0 aromatic rings. The molecule has 0 aromatic heterocycles. The highest BCUT2D eigenvalue weighted by Gasteiger charge is 2.38. The van der Waals surface area contributed by atoms with Gasteiger partial charge in [-0.15, -0.1) is 0 Å². The van der Waals surface area contributed by atoms with Crippen LogP contribution in [0.1, 0.15) is 33.6 Å². The number of likely N-dealkylation sites (N-methyl/N-ethyl adjacent to an activating group) is 1. The van der Waals surface area contributed by atoms with E-state index in [0.29, 0.717) is 13.2 Å². The molecule has 1 heterocycles. The van der Waals surface area contributed by atoms with E-state index in [1.54, 1.807) is 6.92 Å². The number of esters is 1. The molecule has 98 valence electrons. The number of ketones is 1. The molecule has 1 fully saturated rings. The van der Waals surface area contributed by atoms with Crippen LogP contribution in [0.25, 0.3) is 0 Å². The first-order valence-electron chi connectivity index (χ1n) is 5.88. The van der Waals surface area contributed by atoms with Gasteiger partial charge in [0.1, 0.15) is 18.4 Å². The molecule has 0 amide bonds. The van der Waals surface area contributed by atoms with Gasteiger partial charge in [0.15, 0.2) is 0 Å². The monoisotopic (exact) mass is 243 g/mol. The molecule has 0 aromatic carbocycles. The first-order chi connectivity index (χ1) is 7.86. The van der Waals surface area contributed by atoms with Gasteiger partial charge in [0, 0.05) is 12.0 Å². The van der Waals surface area contributed by atoms with Gasteiger partial charge in [0.05, 0.1) is 13.2 Å². The molecule has 1 aliphatic heterocycles. The fourth-order valence-electron chi connectivity index (χ4n) is 1.74. The van der Waals surface area contributed by atoms with Gasteiger partial charge in [-0.2, -0.15) is 0 Å². The smallest absolute Gasteiger partial charge is 0.313 e. The van der Waals surface area contributed by atoms with E-state index < -0.39 is 5.97 Å². The number of Topliss-reactive ketones (excluding diaryl/α,β-unsaturated/α-hetero) is 1. The third-order valence-corrected chi connectivity index (χ3v) is 3.06. The second-order valence-corrected chi connectivity index (χ2v) is 4.91. The van der Waals surface area contributed by atoms with Crippen molar-refractivity contribution in [3.05, 3.63) is 0 Å². The largest absolute Gasteiger partial charge is 0.466 e. The molecule has 0 bridgehead atoms. The lowest BCUT2D eigenvalue weighted by Gasteiger charge is -2.28. The molecule has 1 aliphatic rings. The number of rotatable bonds is 5. The van der Waals surface area contributed by atoms with Crippen LogP contribution in [0.3, 0.4) is 0 Å². The van der Waals surface area contributed by atoms with E-state index in [4.69, 9.17) is 9.47 Å². The Labute approximate surface area is 102 Å². The molecule has 0 N–H and O–H groups in total. The zero-order valence-electron chi connectivity index (χ0n) is 11.0. The van der Waals surface area contributed by atoms with E-state index in [2.05, 4.69) is 13.8 Å². The molecule has 1 saturated heterocycles. The van der Waals surface area contributed by atoms with E-state index in [1.807, 2.05) is 11.9 Å². The fraction of sp³-hybridized carbons (Fsp3) is 0.833. The molecule has 1 rings (SSSR count). The van der Waals surface area contributed by atoms with Crippen molar-refractivity contribution >= 4 is 11.8 Å². The highest BCUT2D eigenvalue weighted by atomic mass is 16.5. The van der Waals surface area contributed by atoms with Crippen LogP contribution in [0, 0.1) is 0 Å². The Bertz CT molecular complexity index is 301. The van der Waals surface area contributed by atoms with Gasteiger partial charge in [0.25, 0.3) is 0 Å². The maximum Gasteiger partial charge on any atom is 0.313 e. The van der Waals surface area contributed by atoms with Crippen molar-refractivity contribution in [1.82, 2.24) is 4.90 Å². The molecule has 1 atom stereocenters. The van der Waals surface area contributed by atoms with Crippen molar-refractivity contribution in [2.45, 2.75) is 45.4 Å². The summed E-state index contributed by atoms with van der Waals surface area (Å²) in [4.78, 5) is 24.8. The molecule has 5 nitrogen and oxygen atoms in total. The second-order valence-electron chi connectivity index (χ2n) is 4.91. The van der Waals surface area contributed by atoms with E-state index in [0.717, 1.165) is 0 Å². The van der Waals surface area contributed by atoms with Gasteiger partial charge in [-0.05, 0) is 27.8 Å². The first kappa shape index (κ1) is 14.1. The highest BCUT2D eigenvalue weighted by Crippen LogP contribution is 2.26. The van der Waals surface area contributed by atoms with E-state index in [9.17, 15) is 9.59 Å². The molecule has 0 aliphatic carbocycles. The van der Waals surface area contributed by atoms with Gasteiger partial charge in [-0.3, -0.25) is 14.5 Å². The molecule has 17 heavy (non-hydrogen) atoms. The molecule has 0 spiro atoms. The van der Waals surface area contributed by atoms with E-state index in [1.165, 1.54) is 0 Å². The number of carbonyl (C=O) groups is 2. The Morgan fingerprint density at radius 1 is 1.47 bits per heavy atom. The number of hydrogen-bond acceptors (Lipinski definition) is 5. The summed E-state index contributed by atoms with van der Waals surface area (Å²) in [5.41, 5.74) is -0.0606. The Hall–Kier alpha value is -0.940. The van der Waals surface area contributed by atoms with Gasteiger partial charge < -0.3 is 9.47 Å². The van der Waals surface area contributed by atoms with Crippen molar-refractivity contribution < 1.29 is 19.1 Å². The minimum absolute atomic E-state index is 0.0606. The van der Waals surface area contributed by atoms with Crippen molar-refractivity contribution in [1.29, 1.82) is 0 Å². The Balaban J connectivity index is 2.40. The summed E-state index contributed by atoms with van der Waals surface area (Å²) in [6.45, 7) is 6.74. The van der Waals surface area contributed by atoms with Gasteiger partial charge in [-0.25, -0.2) is 0 Å². The predicted molar refractivity (Wildman–Crippen MR) is 62.5 cm³/mol. The summed E-state index contributed by atoms with van der Waals surface area (Å²) in [6, 6.07) is 0. The van der Waals surface area contributed by atoms with Crippen molar-refractivity contribution in [2.75, 3.05) is 20.3 Å². The number of carbonyl (C=O) groups excluding carboxylic acids is 2. The summed E-state index contributed by atoms with van der Waals surface area (Å²) >= 11 is 0. The average Bonchev–Trinajstić information content (AvgIpc) is 2.45. The van der Waals surface area contributed by atoms with Crippen LogP contribution in [0.4, 0.5) is 0 Å². The topological polar surface area (TPSA) is 55.8 Å². The zero-order valence-corrected chi connectivity index (χ0v) is 11.0. The Kier molecular flexibility index (Phi) is 4.65. The van der Waals surface area contributed by atoms with Crippen LogP contribution >= 0.6 is 0 Å². The Morgan fingerprint density at radius 2 is 2.12 bits per heavy atom. The summed E-state index contributed by atoms with van der Waals surface area (Å²) in [5.74, 6) is -0.601. The predicted octanol–water partition coefficient (Wildman–Crippen LogP) is 0.966. The maximum atomic E-state index is 11.6. The van der Waals surface area contributed by atoms with Gasteiger partial charge >= 0.3 is 5.97 Å². The first-order valence-corrected chi connectivity index (χ1v) is 5.88. The third kappa shape index (κ3) is 3.78. The van der Waals surface area contributed by atoms with Crippen molar-refractivity contribution in [2.24, 2.45) is 0 Å². The van der Waals surface area contributed by atoms with E-state index in [-0.39, 0.29) is 30.4 Å². The van der Waals surface area contributed by atoms with E-state index >= 15 is 0 Å². The number of ether oxygens (including phenoxy) is 2. The summed E-state index contributed by atoms with van der Waals surface area (Å²) in [5, 5.41) is 0. The van der Waals surface area contributed by atoms with Gasteiger partial charge in [-0.1, -0.05) is 0 Å². The molecular formula is C12H21NO4. The third-order valence-electron chi connectivity index (χ3n) is 3.06. The molecule has 1 unspecified atom stereocenters. The van der Waals surface area contributed by atoms with Crippen LogP contribution in [0.2, 0.25) is 0 Å². The summed E-state index contributed by atoms with van der Waals surface area (Å²) in [7, 11) is 1.93. The molecule has 5 heteroatoms. The number of nitrogens with zero attached hydrogens (tertiary/aromatic N) is 1. The lowest BCUT2D eigenvalue weighted by atomic mass is 10.1. The summed E-state index contributed by atoms with van der Waals surface area (Å²) < 4.78 is 10.3. The minimum atomic E-state index is -0.461. The highest BCUT2D eigenvalue weighted by molar-refractivity contribution is 5.95. The van der Waals surface area contributed by atoms with Crippen LogP contribution in [0.15, 0.2) is 0 Å². The lowest BCUT2D eigenvalue weighted by molar-refractivity contribution is -0.146. The van der Waals surface area contributed by atoms with Crippen LogP contribution in [-0.4, -0.2) is 48.7 Å². The molecular weight excluding hydrogens is 222 g/mol. The zero-order chi connectivity index (χ0) is 13.1. The lowest BCUT2D eigenvalue weighted by Crippen LogP contribution is -2.41. The quantitative estimate of drug-likeness (QED) is 0.532. The van der Waals surface area contributed by atoms with Crippen LogP contribution in [-0.2, 0) is 19.1 Å². The van der Waals surface area contributed by atoms with Crippen molar-refractivity contribution in [3.8, 4) is 0 Å². The Morgan fingerprint density at radius 3 is 2.59 bits per heavy atom. The number of hydrogen-bond donors (Lipinski definition) is 0. The standard InChI is InChI=1S/C12H21NO4/c1-5-16-11(15)7-9(14)6-10-13(4)12(2,3)8-17-10/h10H,5-8H2,1-4H3. The maximum absolute atomic E-state index is 11.6. The minimum Gasteiger partial charge on any atom is -0.466 e. The molecule has 0 saturated carbocycles. The fourth-order valence-corrected chi connectivity index (χ4v) is 1.74. The molecule has 0 radical (unpaired) electrons. The van der Waals surface area contributed by atoms with Crippen molar-refractivity contribution in [3.63, 3.8) is 0 Å². The van der Waals surface area contributed by atoms with Gasteiger partial charge in [0.2, 0.25) is 0 Å². The second kappa shape index (κ2) is 5.60. The summed E-state index contributed by atoms with van der Waals surface area (Å²) in [6.07, 6.45) is -0.160. The van der Waals surface area contributed by atoms with Crippen LogP contribution < -0.4 is 0 Å². The SMILES string of the molecule is CCOC(=O)CC(=O)CC1OCC(C)(C)N1C. The normalized spacial score (nSPS) is 23.6. The average molecular weight is 243 g/mol. The van der Waals surface area contributed by atoms with Crippen LogP contribution in [0.5, 0.6) is 0 Å².